The number of halogens is 1. The van der Waals surface area contributed by atoms with Crippen LogP contribution < -0.4 is 5.32 Å². The van der Waals surface area contributed by atoms with Crippen molar-refractivity contribution in [1.29, 1.82) is 0 Å². The summed E-state index contributed by atoms with van der Waals surface area (Å²) < 4.78 is 19.5. The van der Waals surface area contributed by atoms with Crippen molar-refractivity contribution in [2.45, 2.75) is 39.5 Å². The van der Waals surface area contributed by atoms with Gasteiger partial charge in [0.25, 0.3) is 5.91 Å². The second-order valence-corrected chi connectivity index (χ2v) is 8.89. The summed E-state index contributed by atoms with van der Waals surface area (Å²) in [5.74, 6) is -1.02. The minimum atomic E-state index is -0.555. The minimum Gasteiger partial charge on any atom is -0.378 e. The lowest BCUT2D eigenvalue weighted by molar-refractivity contribution is -0.131. The molecule has 0 spiro atoms. The fourth-order valence-electron chi connectivity index (χ4n) is 4.68. The number of hydrogen-bond acceptors (Lipinski definition) is 4. The van der Waals surface area contributed by atoms with E-state index in [2.05, 4.69) is 19.2 Å². The summed E-state index contributed by atoms with van der Waals surface area (Å²) in [5, 5.41) is 3.35. The van der Waals surface area contributed by atoms with Gasteiger partial charge in [0.1, 0.15) is 5.82 Å². The molecule has 29 heavy (non-hydrogen) atoms. The second kappa shape index (κ2) is 7.41. The average Bonchev–Trinajstić information content (AvgIpc) is 2.66. The van der Waals surface area contributed by atoms with Gasteiger partial charge in [0, 0.05) is 48.0 Å². The van der Waals surface area contributed by atoms with Crippen LogP contribution in [0.5, 0.6) is 0 Å². The summed E-state index contributed by atoms with van der Waals surface area (Å²) in [4.78, 5) is 28.5. The maximum Gasteiger partial charge on any atom is 0.252 e. The van der Waals surface area contributed by atoms with Crippen molar-refractivity contribution < 1.29 is 18.7 Å². The Bertz CT molecular complexity index is 926. The fraction of sp³-hybridized carbons (Fsp3) is 0.478. The van der Waals surface area contributed by atoms with E-state index >= 15 is 0 Å². The van der Waals surface area contributed by atoms with Gasteiger partial charge in [-0.15, -0.1) is 0 Å². The van der Waals surface area contributed by atoms with Crippen LogP contribution in [0, 0.1) is 11.2 Å². The molecule has 0 bridgehead atoms. The van der Waals surface area contributed by atoms with Crippen molar-refractivity contribution in [1.82, 2.24) is 10.2 Å². The van der Waals surface area contributed by atoms with Crippen LogP contribution >= 0.6 is 0 Å². The molecule has 1 saturated heterocycles. The highest BCUT2D eigenvalue weighted by Crippen LogP contribution is 2.47. The number of ketones is 1. The van der Waals surface area contributed by atoms with Crippen LogP contribution in [0.1, 0.15) is 45.1 Å². The van der Waals surface area contributed by atoms with E-state index in [4.69, 9.17) is 4.74 Å². The SMILES string of the molecule is CC1=C(C(=O)N2CCOCC2)[C@H](c2cccc(F)c2)C2=C(CC(C)(C)CC2=O)N1. The molecule has 2 heterocycles. The van der Waals surface area contributed by atoms with Crippen LogP contribution in [0.15, 0.2) is 46.8 Å². The zero-order chi connectivity index (χ0) is 20.8. The average molecular weight is 398 g/mol. The van der Waals surface area contributed by atoms with Gasteiger partial charge >= 0.3 is 0 Å². The third-order valence-electron chi connectivity index (χ3n) is 5.95. The molecule has 5 nitrogen and oxygen atoms in total. The molecule has 2 aliphatic heterocycles. The molecule has 0 unspecified atom stereocenters. The number of Topliss-reactive ketones (excluding diaryl/α,β-unsaturated/α-hetero) is 1. The Kier molecular flexibility index (Phi) is 5.07. The first-order valence-corrected chi connectivity index (χ1v) is 10.1. The molecule has 0 saturated carbocycles. The Morgan fingerprint density at radius 1 is 1.24 bits per heavy atom. The molecule has 1 atom stereocenters. The largest absolute Gasteiger partial charge is 0.378 e. The molecule has 154 valence electrons. The number of carbonyl (C=O) groups is 2. The third kappa shape index (κ3) is 3.73. The smallest absolute Gasteiger partial charge is 0.252 e. The number of carbonyl (C=O) groups excluding carboxylic acids is 2. The van der Waals surface area contributed by atoms with E-state index in [9.17, 15) is 14.0 Å². The van der Waals surface area contributed by atoms with Crippen LogP contribution in [0.2, 0.25) is 0 Å². The second-order valence-electron chi connectivity index (χ2n) is 8.89. The van der Waals surface area contributed by atoms with Gasteiger partial charge < -0.3 is 15.0 Å². The van der Waals surface area contributed by atoms with E-state index in [0.717, 1.165) is 17.8 Å². The van der Waals surface area contributed by atoms with E-state index in [1.165, 1.54) is 12.1 Å². The molecule has 1 N–H and O–H groups in total. The van der Waals surface area contributed by atoms with Crippen molar-refractivity contribution in [3.8, 4) is 0 Å². The molecule has 1 aliphatic carbocycles. The lowest BCUT2D eigenvalue weighted by Gasteiger charge is -2.41. The lowest BCUT2D eigenvalue weighted by Crippen LogP contribution is -2.45. The van der Waals surface area contributed by atoms with E-state index in [0.29, 0.717) is 49.4 Å². The molecular weight excluding hydrogens is 371 g/mol. The highest BCUT2D eigenvalue weighted by atomic mass is 19.1. The molecular formula is C23H27FN2O3. The van der Waals surface area contributed by atoms with Crippen molar-refractivity contribution in [2.24, 2.45) is 5.41 Å². The Hall–Kier alpha value is -2.47. The summed E-state index contributed by atoms with van der Waals surface area (Å²) in [5.41, 5.74) is 3.22. The number of ether oxygens (including phenoxy) is 1. The molecule has 0 aromatic heterocycles. The molecule has 1 fully saturated rings. The predicted molar refractivity (Wildman–Crippen MR) is 107 cm³/mol. The zero-order valence-electron chi connectivity index (χ0n) is 17.2. The van der Waals surface area contributed by atoms with E-state index < -0.39 is 5.92 Å². The van der Waals surface area contributed by atoms with Crippen molar-refractivity contribution in [2.75, 3.05) is 26.3 Å². The molecule has 1 aromatic rings. The highest BCUT2D eigenvalue weighted by molar-refractivity contribution is 6.05. The first kappa shape index (κ1) is 19.8. The van der Waals surface area contributed by atoms with Crippen molar-refractivity contribution in [3.05, 3.63) is 58.2 Å². The van der Waals surface area contributed by atoms with Crippen LogP contribution in [0.25, 0.3) is 0 Å². The van der Waals surface area contributed by atoms with Gasteiger partial charge in [-0.1, -0.05) is 26.0 Å². The molecule has 1 amide bonds. The van der Waals surface area contributed by atoms with E-state index in [-0.39, 0.29) is 22.9 Å². The first-order valence-electron chi connectivity index (χ1n) is 10.1. The summed E-state index contributed by atoms with van der Waals surface area (Å²) in [6.07, 6.45) is 1.13. The Morgan fingerprint density at radius 3 is 2.66 bits per heavy atom. The predicted octanol–water partition coefficient (Wildman–Crippen LogP) is 3.29. The molecule has 0 radical (unpaired) electrons. The van der Waals surface area contributed by atoms with Gasteiger partial charge in [-0.3, -0.25) is 9.59 Å². The summed E-state index contributed by atoms with van der Waals surface area (Å²) >= 11 is 0. The van der Waals surface area contributed by atoms with Gasteiger partial charge in [0.15, 0.2) is 5.78 Å². The Morgan fingerprint density at radius 2 is 1.97 bits per heavy atom. The summed E-state index contributed by atoms with van der Waals surface area (Å²) in [6.45, 7) is 8.03. The van der Waals surface area contributed by atoms with Crippen LogP contribution in [-0.4, -0.2) is 42.9 Å². The number of benzene rings is 1. The number of amides is 1. The Balaban J connectivity index is 1.83. The number of dihydropyridines is 1. The van der Waals surface area contributed by atoms with Gasteiger partial charge in [-0.05, 0) is 36.5 Å². The first-order chi connectivity index (χ1) is 13.8. The fourth-order valence-corrected chi connectivity index (χ4v) is 4.68. The maximum atomic E-state index is 14.1. The normalized spacial score (nSPS) is 24.3. The monoisotopic (exact) mass is 398 g/mol. The van der Waals surface area contributed by atoms with Crippen molar-refractivity contribution >= 4 is 11.7 Å². The van der Waals surface area contributed by atoms with E-state index in [1.807, 2.05) is 6.92 Å². The lowest BCUT2D eigenvalue weighted by atomic mass is 9.68. The van der Waals surface area contributed by atoms with Crippen LogP contribution in [0.4, 0.5) is 4.39 Å². The van der Waals surface area contributed by atoms with Gasteiger partial charge in [-0.25, -0.2) is 4.39 Å². The summed E-state index contributed by atoms with van der Waals surface area (Å²) in [7, 11) is 0. The van der Waals surface area contributed by atoms with Crippen molar-refractivity contribution in [3.63, 3.8) is 0 Å². The maximum absolute atomic E-state index is 14.1. The van der Waals surface area contributed by atoms with Gasteiger partial charge in [0.05, 0.1) is 13.2 Å². The quantitative estimate of drug-likeness (QED) is 0.831. The topological polar surface area (TPSA) is 58.6 Å². The molecule has 1 aromatic carbocycles. The number of nitrogens with one attached hydrogen (secondary N) is 1. The standard InChI is InChI=1S/C23H27FN2O3/c1-14-19(22(28)26-7-9-29-10-8-26)20(15-5-4-6-16(24)11-15)21-17(25-14)12-23(2,3)13-18(21)27/h4-6,11,20,25H,7-10,12-13H2,1-3H3/t20-/m0/s1. The third-order valence-corrected chi connectivity index (χ3v) is 5.95. The van der Waals surface area contributed by atoms with Gasteiger partial charge in [0.2, 0.25) is 0 Å². The molecule has 6 heteroatoms. The number of morpholine rings is 1. The highest BCUT2D eigenvalue weighted by Gasteiger charge is 2.43. The van der Waals surface area contributed by atoms with Crippen LogP contribution in [-0.2, 0) is 14.3 Å². The van der Waals surface area contributed by atoms with E-state index in [1.54, 1.807) is 17.0 Å². The number of allylic oxidation sites excluding steroid dienone is 3. The van der Waals surface area contributed by atoms with Gasteiger partial charge in [-0.2, -0.15) is 0 Å². The molecule has 3 aliphatic rings. The summed E-state index contributed by atoms with van der Waals surface area (Å²) in [6, 6.07) is 6.26. The molecule has 4 rings (SSSR count). The number of nitrogens with zero attached hydrogens (tertiary/aromatic N) is 1. The zero-order valence-corrected chi connectivity index (χ0v) is 17.2. The number of rotatable bonds is 2. The minimum absolute atomic E-state index is 0.0257. The van der Waals surface area contributed by atoms with Crippen LogP contribution in [0.3, 0.4) is 0 Å². The number of hydrogen-bond donors (Lipinski definition) is 1. The Labute approximate surface area is 170 Å².